The van der Waals surface area contributed by atoms with Crippen LogP contribution in [0.15, 0.2) is 0 Å². The van der Waals surface area contributed by atoms with Crippen LogP contribution in [0, 0.1) is 5.41 Å². The number of hydrogen-bond acceptors (Lipinski definition) is 3. The average Bonchev–Trinajstić information content (AvgIpc) is 2.14. The van der Waals surface area contributed by atoms with Gasteiger partial charge in [-0.15, -0.1) is 0 Å². The molecule has 2 saturated heterocycles. The van der Waals surface area contributed by atoms with Crippen LogP contribution >= 0.6 is 0 Å². The third-order valence-electron chi connectivity index (χ3n) is 5.05. The molecular weight excluding hydrogens is 201 g/mol. The number of nitrogens with one attached hydrogen (secondary N) is 1. The zero-order valence-electron chi connectivity index (χ0n) is 10.8. The summed E-state index contributed by atoms with van der Waals surface area (Å²) in [5.74, 6) is 0.614. The maximum Gasteiger partial charge on any atom is 0.461 e. The highest BCUT2D eigenvalue weighted by Gasteiger charge is 2.60. The van der Waals surface area contributed by atoms with E-state index < -0.39 is 0 Å². The normalized spacial score (nSPS) is 34.9. The van der Waals surface area contributed by atoms with Gasteiger partial charge < -0.3 is 14.6 Å². The van der Waals surface area contributed by atoms with Gasteiger partial charge in [-0.05, 0) is 51.8 Å². The molecule has 0 unspecified atom stereocenters. The van der Waals surface area contributed by atoms with Crippen LogP contribution in [-0.4, -0.2) is 31.4 Å². The van der Waals surface area contributed by atoms with Crippen molar-refractivity contribution in [3.63, 3.8) is 0 Å². The van der Waals surface area contributed by atoms with E-state index in [1.807, 2.05) is 0 Å². The highest BCUT2D eigenvalue weighted by Crippen LogP contribution is 2.56. The SMILES string of the molecule is CC1(C)OB(C2CC3(CNC3)C2)OC1(C)C. The van der Waals surface area contributed by atoms with Crippen LogP contribution in [0.2, 0.25) is 5.82 Å². The molecule has 1 saturated carbocycles. The van der Waals surface area contributed by atoms with Gasteiger partial charge in [-0.25, -0.2) is 0 Å². The summed E-state index contributed by atoms with van der Waals surface area (Å²) < 4.78 is 12.2. The molecule has 1 aliphatic carbocycles. The molecule has 0 atom stereocenters. The summed E-state index contributed by atoms with van der Waals surface area (Å²) in [4.78, 5) is 0. The van der Waals surface area contributed by atoms with E-state index in [0.29, 0.717) is 11.2 Å². The fourth-order valence-corrected chi connectivity index (χ4v) is 3.09. The Bertz CT molecular complexity index is 288. The van der Waals surface area contributed by atoms with E-state index in [1.165, 1.54) is 25.9 Å². The lowest BCUT2D eigenvalue weighted by Gasteiger charge is -2.54. The van der Waals surface area contributed by atoms with Gasteiger partial charge in [0.1, 0.15) is 0 Å². The van der Waals surface area contributed by atoms with Crippen molar-refractivity contribution in [2.24, 2.45) is 5.41 Å². The van der Waals surface area contributed by atoms with Crippen molar-refractivity contribution in [1.82, 2.24) is 5.32 Å². The minimum atomic E-state index is -0.168. The van der Waals surface area contributed by atoms with Crippen molar-refractivity contribution >= 4 is 7.12 Å². The molecule has 3 nitrogen and oxygen atoms in total. The highest BCUT2D eigenvalue weighted by molar-refractivity contribution is 6.47. The third-order valence-corrected chi connectivity index (χ3v) is 5.05. The first-order valence-corrected chi connectivity index (χ1v) is 6.40. The second kappa shape index (κ2) is 3.03. The first-order chi connectivity index (χ1) is 7.34. The first kappa shape index (κ1) is 11.1. The number of rotatable bonds is 1. The van der Waals surface area contributed by atoms with Crippen LogP contribution in [0.25, 0.3) is 0 Å². The third kappa shape index (κ3) is 1.39. The predicted molar refractivity (Wildman–Crippen MR) is 64.4 cm³/mol. The van der Waals surface area contributed by atoms with Crippen molar-refractivity contribution < 1.29 is 9.31 Å². The summed E-state index contributed by atoms with van der Waals surface area (Å²) in [6.07, 6.45) is 2.55. The van der Waals surface area contributed by atoms with Crippen LogP contribution < -0.4 is 5.32 Å². The molecule has 0 amide bonds. The lowest BCUT2D eigenvalue weighted by Crippen LogP contribution is -2.61. The van der Waals surface area contributed by atoms with Crippen LogP contribution in [-0.2, 0) is 9.31 Å². The zero-order chi connectivity index (χ0) is 11.6. The van der Waals surface area contributed by atoms with Crippen LogP contribution in [0.4, 0.5) is 0 Å². The van der Waals surface area contributed by atoms with E-state index in [-0.39, 0.29) is 18.3 Å². The maximum absolute atomic E-state index is 6.09. The molecule has 1 N–H and O–H groups in total. The molecule has 1 spiro atoms. The van der Waals surface area contributed by atoms with Gasteiger partial charge in [0, 0.05) is 13.1 Å². The Morgan fingerprint density at radius 3 is 1.88 bits per heavy atom. The molecule has 0 aromatic rings. The quantitative estimate of drug-likeness (QED) is 0.688. The standard InChI is InChI=1S/C12H22BNO2/c1-10(2)11(3,4)16-13(15-10)9-5-12(6-9)7-14-8-12/h9,14H,5-8H2,1-4H3. The van der Waals surface area contributed by atoms with Crippen LogP contribution in [0.3, 0.4) is 0 Å². The van der Waals surface area contributed by atoms with Crippen molar-refractivity contribution in [2.45, 2.75) is 57.6 Å². The van der Waals surface area contributed by atoms with Gasteiger partial charge in [-0.3, -0.25) is 0 Å². The Hall–Kier alpha value is -0.0551. The molecule has 3 rings (SSSR count). The Morgan fingerprint density at radius 1 is 1.00 bits per heavy atom. The van der Waals surface area contributed by atoms with E-state index in [1.54, 1.807) is 0 Å². The summed E-state index contributed by atoms with van der Waals surface area (Å²) in [7, 11) is 0.0243. The Morgan fingerprint density at radius 2 is 1.50 bits per heavy atom. The molecule has 16 heavy (non-hydrogen) atoms. The van der Waals surface area contributed by atoms with Crippen molar-refractivity contribution in [1.29, 1.82) is 0 Å². The van der Waals surface area contributed by atoms with Gasteiger partial charge in [0.25, 0.3) is 0 Å². The maximum atomic E-state index is 6.09. The molecule has 90 valence electrons. The molecule has 0 aromatic carbocycles. The van der Waals surface area contributed by atoms with Crippen molar-refractivity contribution in [3.8, 4) is 0 Å². The lowest BCUT2D eigenvalue weighted by molar-refractivity contribution is 0.00578. The van der Waals surface area contributed by atoms with Crippen LogP contribution in [0.1, 0.15) is 40.5 Å². The molecule has 0 radical (unpaired) electrons. The zero-order valence-corrected chi connectivity index (χ0v) is 10.8. The van der Waals surface area contributed by atoms with E-state index in [0.717, 1.165) is 0 Å². The summed E-state index contributed by atoms with van der Waals surface area (Å²) in [5, 5.41) is 3.37. The van der Waals surface area contributed by atoms with Gasteiger partial charge >= 0.3 is 7.12 Å². The molecule has 0 bridgehead atoms. The van der Waals surface area contributed by atoms with Crippen LogP contribution in [0.5, 0.6) is 0 Å². The summed E-state index contributed by atoms with van der Waals surface area (Å²) in [6.45, 7) is 10.9. The minimum Gasteiger partial charge on any atom is -0.403 e. The van der Waals surface area contributed by atoms with Gasteiger partial charge in [-0.1, -0.05) is 0 Å². The Balaban J connectivity index is 1.63. The largest absolute Gasteiger partial charge is 0.461 e. The number of hydrogen-bond donors (Lipinski definition) is 1. The summed E-state index contributed by atoms with van der Waals surface area (Å²) in [6, 6.07) is 0. The smallest absolute Gasteiger partial charge is 0.403 e. The predicted octanol–water partition coefficient (Wildman–Crippen LogP) is 1.83. The lowest BCUT2D eigenvalue weighted by atomic mass is 9.47. The summed E-state index contributed by atoms with van der Waals surface area (Å²) in [5.41, 5.74) is 0.269. The highest BCUT2D eigenvalue weighted by atomic mass is 16.7. The fraction of sp³-hybridized carbons (Fsp3) is 1.00. The van der Waals surface area contributed by atoms with Gasteiger partial charge in [-0.2, -0.15) is 0 Å². The fourth-order valence-electron chi connectivity index (χ4n) is 3.09. The second-order valence-electron chi connectivity index (χ2n) is 6.90. The second-order valence-corrected chi connectivity index (χ2v) is 6.90. The molecule has 3 fully saturated rings. The van der Waals surface area contributed by atoms with Gasteiger partial charge in [0.05, 0.1) is 11.2 Å². The topological polar surface area (TPSA) is 30.5 Å². The molecule has 2 heterocycles. The molecule has 0 aromatic heterocycles. The molecule has 2 aliphatic heterocycles. The van der Waals surface area contributed by atoms with Gasteiger partial charge in [0.2, 0.25) is 0 Å². The minimum absolute atomic E-state index is 0.0243. The monoisotopic (exact) mass is 223 g/mol. The Labute approximate surface area is 98.4 Å². The van der Waals surface area contributed by atoms with E-state index in [4.69, 9.17) is 9.31 Å². The average molecular weight is 223 g/mol. The van der Waals surface area contributed by atoms with Gasteiger partial charge in [0.15, 0.2) is 0 Å². The van der Waals surface area contributed by atoms with E-state index in [9.17, 15) is 0 Å². The molecule has 3 aliphatic rings. The first-order valence-electron chi connectivity index (χ1n) is 6.40. The Kier molecular flexibility index (Phi) is 2.10. The summed E-state index contributed by atoms with van der Waals surface area (Å²) >= 11 is 0. The van der Waals surface area contributed by atoms with E-state index >= 15 is 0 Å². The molecule has 4 heteroatoms. The molecular formula is C12H22BNO2. The van der Waals surface area contributed by atoms with Crippen molar-refractivity contribution in [2.75, 3.05) is 13.1 Å². The van der Waals surface area contributed by atoms with E-state index in [2.05, 4.69) is 33.0 Å². The van der Waals surface area contributed by atoms with Crippen molar-refractivity contribution in [3.05, 3.63) is 0 Å².